The molecule has 0 bridgehead atoms. The molecule has 0 unspecified atom stereocenters. The predicted octanol–water partition coefficient (Wildman–Crippen LogP) is 2.72. The van der Waals surface area contributed by atoms with Crippen LogP contribution in [0.15, 0.2) is 29.2 Å². The van der Waals surface area contributed by atoms with E-state index in [1.807, 2.05) is 0 Å². The Hall–Kier alpha value is -1.67. The summed E-state index contributed by atoms with van der Waals surface area (Å²) >= 11 is 0. The Morgan fingerprint density at radius 3 is 2.06 bits per heavy atom. The summed E-state index contributed by atoms with van der Waals surface area (Å²) in [6, 6.07) is 5.01. The van der Waals surface area contributed by atoms with Gasteiger partial charge in [0, 0.05) is 6.07 Å². The molecular formula is C6H5BF4N2O3S. The predicted molar refractivity (Wildman–Crippen MR) is 51.2 cm³/mol. The molecule has 11 heteroatoms. The summed E-state index contributed by atoms with van der Waals surface area (Å²) < 4.78 is 68.6. The van der Waals surface area contributed by atoms with Crippen LogP contribution in [0.4, 0.5) is 23.0 Å². The first-order chi connectivity index (χ1) is 7.54. The van der Waals surface area contributed by atoms with Crippen LogP contribution in [0.1, 0.15) is 0 Å². The third kappa shape index (κ3) is 8.17. The van der Waals surface area contributed by atoms with Gasteiger partial charge in [-0.25, -0.2) is 0 Å². The van der Waals surface area contributed by atoms with E-state index in [1.165, 1.54) is 18.2 Å². The van der Waals surface area contributed by atoms with Gasteiger partial charge in [-0.05, 0) is 6.07 Å². The van der Waals surface area contributed by atoms with Gasteiger partial charge in [0.05, 0.1) is 6.07 Å². The number of rotatable bonds is 1. The molecule has 0 fully saturated rings. The number of nitrogens with zero attached hydrogens (tertiary/aromatic N) is 2. The molecule has 0 atom stereocenters. The highest BCUT2D eigenvalue weighted by atomic mass is 32.2. The van der Waals surface area contributed by atoms with Crippen LogP contribution in [0.25, 0.3) is 4.98 Å². The Morgan fingerprint density at radius 2 is 1.71 bits per heavy atom. The van der Waals surface area contributed by atoms with Gasteiger partial charge in [0.1, 0.15) is 4.90 Å². The second-order valence-electron chi connectivity index (χ2n) is 2.57. The minimum Gasteiger partial charge on any atom is -0.418 e. The number of hydrogen-bond acceptors (Lipinski definition) is 3. The van der Waals surface area contributed by atoms with E-state index in [-0.39, 0.29) is 10.6 Å². The van der Waals surface area contributed by atoms with Crippen LogP contribution >= 0.6 is 0 Å². The van der Waals surface area contributed by atoms with E-state index in [9.17, 15) is 25.7 Å². The van der Waals surface area contributed by atoms with Crippen molar-refractivity contribution in [3.63, 3.8) is 0 Å². The van der Waals surface area contributed by atoms with Crippen molar-refractivity contribution >= 4 is 23.1 Å². The van der Waals surface area contributed by atoms with Gasteiger partial charge in [-0.15, -0.1) is 0 Å². The molecule has 94 valence electrons. The third-order valence-corrected chi connectivity index (χ3v) is 2.08. The Labute approximate surface area is 93.5 Å². The van der Waals surface area contributed by atoms with Crippen LogP contribution in [-0.4, -0.2) is 20.2 Å². The molecule has 1 aromatic carbocycles. The average molecular weight is 272 g/mol. The molecule has 17 heavy (non-hydrogen) atoms. The normalized spacial score (nSPS) is 11.1. The quantitative estimate of drug-likeness (QED) is 0.368. The van der Waals surface area contributed by atoms with Gasteiger partial charge in [0.15, 0.2) is 4.98 Å². The van der Waals surface area contributed by atoms with Gasteiger partial charge in [0.25, 0.3) is 10.1 Å². The fraction of sp³-hybridized carbons (Fsp3) is 0. The molecular weight excluding hydrogens is 267 g/mol. The Bertz CT molecular complexity index is 519. The Morgan fingerprint density at radius 1 is 1.24 bits per heavy atom. The minimum absolute atomic E-state index is 0.0742. The van der Waals surface area contributed by atoms with Crippen LogP contribution < -0.4 is 0 Å². The number of diazo groups is 1. The van der Waals surface area contributed by atoms with Crippen LogP contribution in [0.5, 0.6) is 0 Å². The number of hydrogen-bond donors (Lipinski definition) is 1. The average Bonchev–Trinajstić information content (AvgIpc) is 2.14. The summed E-state index contributed by atoms with van der Waals surface area (Å²) in [5.74, 6) is 0. The van der Waals surface area contributed by atoms with Crippen molar-refractivity contribution in [2.45, 2.75) is 4.90 Å². The van der Waals surface area contributed by atoms with Crippen LogP contribution in [-0.2, 0) is 10.1 Å². The minimum atomic E-state index is -6.00. The molecule has 0 heterocycles. The highest BCUT2D eigenvalue weighted by Gasteiger charge is 2.20. The first-order valence-electron chi connectivity index (χ1n) is 3.84. The van der Waals surface area contributed by atoms with Crippen molar-refractivity contribution in [2.24, 2.45) is 0 Å². The largest absolute Gasteiger partial charge is 0.673 e. The van der Waals surface area contributed by atoms with Crippen molar-refractivity contribution < 1.29 is 30.2 Å². The highest BCUT2D eigenvalue weighted by Crippen LogP contribution is 2.16. The molecule has 1 rings (SSSR count). The Kier molecular flexibility index (Phi) is 5.05. The lowest BCUT2D eigenvalue weighted by molar-refractivity contribution is 0.368. The number of halogens is 4. The summed E-state index contributed by atoms with van der Waals surface area (Å²) in [6.45, 7) is 0. The smallest absolute Gasteiger partial charge is 0.418 e. The van der Waals surface area contributed by atoms with Gasteiger partial charge >= 0.3 is 12.9 Å². The molecule has 0 saturated heterocycles. The van der Waals surface area contributed by atoms with E-state index in [0.29, 0.717) is 0 Å². The summed E-state index contributed by atoms with van der Waals surface area (Å²) in [6.07, 6.45) is 0. The van der Waals surface area contributed by atoms with E-state index >= 15 is 0 Å². The van der Waals surface area contributed by atoms with E-state index < -0.39 is 17.4 Å². The molecule has 1 aromatic rings. The molecule has 0 aliphatic rings. The second-order valence-corrected chi connectivity index (χ2v) is 3.99. The van der Waals surface area contributed by atoms with Crippen molar-refractivity contribution in [1.29, 1.82) is 5.39 Å². The van der Waals surface area contributed by atoms with Gasteiger partial charge in [-0.2, -0.15) is 8.42 Å². The maximum absolute atomic E-state index is 10.5. The SMILES string of the molecule is F[B-](F)(F)F.N#[N+]c1cccc(S(=O)(=O)O)c1. The number of benzene rings is 1. The van der Waals surface area contributed by atoms with Crippen LogP contribution in [0.2, 0.25) is 0 Å². The van der Waals surface area contributed by atoms with Gasteiger partial charge in [-0.3, -0.25) is 4.55 Å². The lowest BCUT2D eigenvalue weighted by Gasteiger charge is -1.94. The molecule has 0 spiro atoms. The molecule has 1 N–H and O–H groups in total. The van der Waals surface area contributed by atoms with Gasteiger partial charge < -0.3 is 17.3 Å². The monoisotopic (exact) mass is 272 g/mol. The first kappa shape index (κ1) is 15.3. The molecule has 0 radical (unpaired) electrons. The maximum atomic E-state index is 10.5. The molecule has 0 aliphatic carbocycles. The van der Waals surface area contributed by atoms with E-state index in [0.717, 1.165) is 6.07 Å². The maximum Gasteiger partial charge on any atom is 0.673 e. The van der Waals surface area contributed by atoms with Gasteiger partial charge in [-0.1, -0.05) is 6.07 Å². The van der Waals surface area contributed by atoms with Gasteiger partial charge in [0.2, 0.25) is 5.39 Å². The molecule has 0 aliphatic heterocycles. The van der Waals surface area contributed by atoms with E-state index in [4.69, 9.17) is 9.95 Å². The summed E-state index contributed by atoms with van der Waals surface area (Å²) in [7, 11) is -10.2. The second kappa shape index (κ2) is 5.60. The fourth-order valence-electron chi connectivity index (χ4n) is 0.706. The first-order valence-corrected chi connectivity index (χ1v) is 5.28. The van der Waals surface area contributed by atoms with Crippen molar-refractivity contribution in [1.82, 2.24) is 0 Å². The zero-order valence-corrected chi connectivity index (χ0v) is 8.78. The molecule has 0 aromatic heterocycles. The lowest BCUT2D eigenvalue weighted by atomic mass is 10.3. The van der Waals surface area contributed by atoms with Crippen molar-refractivity contribution in [3.05, 3.63) is 29.2 Å². The Balaban J connectivity index is 0.000000437. The molecule has 0 saturated carbocycles. The van der Waals surface area contributed by atoms with Crippen LogP contribution in [0.3, 0.4) is 0 Å². The van der Waals surface area contributed by atoms with Crippen molar-refractivity contribution in [2.75, 3.05) is 0 Å². The van der Waals surface area contributed by atoms with E-state index in [2.05, 4.69) is 4.98 Å². The van der Waals surface area contributed by atoms with Crippen molar-refractivity contribution in [3.8, 4) is 0 Å². The summed E-state index contributed by atoms with van der Waals surface area (Å²) in [4.78, 5) is 2.48. The highest BCUT2D eigenvalue weighted by molar-refractivity contribution is 7.85. The third-order valence-electron chi connectivity index (χ3n) is 1.23. The molecule has 0 amide bonds. The summed E-state index contributed by atoms with van der Waals surface area (Å²) in [5.41, 5.74) is 0.0742. The zero-order chi connectivity index (χ0) is 13.7. The van der Waals surface area contributed by atoms with E-state index in [1.54, 1.807) is 0 Å². The van der Waals surface area contributed by atoms with Crippen LogP contribution in [0, 0.1) is 5.39 Å². The lowest BCUT2D eigenvalue weighted by Crippen LogP contribution is -2.02. The zero-order valence-electron chi connectivity index (χ0n) is 7.96. The molecule has 5 nitrogen and oxygen atoms in total. The topological polar surface area (TPSA) is 82.5 Å². The fourth-order valence-corrected chi connectivity index (χ4v) is 1.23. The summed E-state index contributed by atoms with van der Waals surface area (Å²) in [5, 5.41) is 8.28. The standard InChI is InChI=1S/C6H4N2O3S.BF4/c7-8-5-2-1-3-6(4-5)12(9,10)11;2-1(3,4)5/h1-4H;/q;-1/p+1.